The van der Waals surface area contributed by atoms with Crippen LogP contribution in [-0.4, -0.2) is 45.2 Å². The third-order valence-electron chi connectivity index (χ3n) is 5.48. The molecule has 2 aromatic heterocycles. The van der Waals surface area contributed by atoms with Crippen molar-refractivity contribution in [3.63, 3.8) is 0 Å². The standard InChI is InChI=1S/C20H24BrN6O6P/c1-11(19(29)31-2)26-34(30,33-15-5-3-13(21)4-6-15)32-9-12-7-14(8-12)27-10-23-16-17(27)24-20(22)25-18(16)28/h3-6,10-12,14H,7-9H2,1-2H3,(H,26,30)(H3,22,24,25,28)/t11-,12?,14?,34?/m0/s1. The van der Waals surface area contributed by atoms with E-state index in [9.17, 15) is 14.2 Å². The number of hydrogen-bond acceptors (Lipinski definition) is 9. The van der Waals surface area contributed by atoms with Gasteiger partial charge in [0.1, 0.15) is 11.8 Å². The molecule has 3 aromatic rings. The van der Waals surface area contributed by atoms with E-state index in [0.29, 0.717) is 24.2 Å². The van der Waals surface area contributed by atoms with Gasteiger partial charge in [0.25, 0.3) is 5.56 Å². The number of aromatic amines is 1. The lowest BCUT2D eigenvalue weighted by Gasteiger charge is -2.36. The van der Waals surface area contributed by atoms with E-state index in [-0.39, 0.29) is 30.0 Å². The Labute approximate surface area is 202 Å². The van der Waals surface area contributed by atoms with Crippen LogP contribution in [0.15, 0.2) is 39.9 Å². The number of carbonyl (C=O) groups excluding carboxylic acids is 1. The van der Waals surface area contributed by atoms with E-state index in [1.165, 1.54) is 14.0 Å². The number of benzene rings is 1. The zero-order valence-corrected chi connectivity index (χ0v) is 20.9. The van der Waals surface area contributed by atoms with Crippen molar-refractivity contribution in [2.24, 2.45) is 5.92 Å². The first kappa shape index (κ1) is 24.4. The van der Waals surface area contributed by atoms with Gasteiger partial charge in [0, 0.05) is 10.5 Å². The maximum absolute atomic E-state index is 13.5. The highest BCUT2D eigenvalue weighted by molar-refractivity contribution is 9.10. The maximum atomic E-state index is 13.5. The predicted octanol–water partition coefficient (Wildman–Crippen LogP) is 2.77. The average Bonchev–Trinajstić information content (AvgIpc) is 3.17. The molecule has 0 bridgehead atoms. The fourth-order valence-electron chi connectivity index (χ4n) is 3.67. The molecule has 1 aliphatic carbocycles. The van der Waals surface area contributed by atoms with Crippen LogP contribution < -0.4 is 20.9 Å². The quantitative estimate of drug-likeness (QED) is 0.264. The number of nitrogens with two attached hydrogens (primary N) is 1. The van der Waals surface area contributed by atoms with Gasteiger partial charge in [0.05, 0.1) is 20.0 Å². The van der Waals surface area contributed by atoms with Crippen LogP contribution in [0, 0.1) is 5.92 Å². The molecule has 14 heteroatoms. The molecule has 0 saturated heterocycles. The summed E-state index contributed by atoms with van der Waals surface area (Å²) in [7, 11) is -2.66. The van der Waals surface area contributed by atoms with Crippen LogP contribution in [-0.2, 0) is 18.6 Å². The second-order valence-electron chi connectivity index (χ2n) is 7.98. The molecule has 1 fully saturated rings. The molecule has 1 saturated carbocycles. The van der Waals surface area contributed by atoms with E-state index in [1.54, 1.807) is 30.6 Å². The van der Waals surface area contributed by atoms with Gasteiger partial charge in [-0.05, 0) is 49.9 Å². The van der Waals surface area contributed by atoms with Crippen molar-refractivity contribution < 1.29 is 23.1 Å². The lowest BCUT2D eigenvalue weighted by atomic mass is 9.81. The van der Waals surface area contributed by atoms with Crippen molar-refractivity contribution in [3.8, 4) is 5.75 Å². The topological polar surface area (TPSA) is 163 Å². The number of fused-ring (bicyclic) bond motifs is 1. The number of anilines is 1. The predicted molar refractivity (Wildman–Crippen MR) is 127 cm³/mol. The van der Waals surface area contributed by atoms with Crippen molar-refractivity contribution >= 4 is 46.8 Å². The van der Waals surface area contributed by atoms with Gasteiger partial charge in [-0.1, -0.05) is 15.9 Å². The third kappa shape index (κ3) is 5.33. The Morgan fingerprint density at radius 3 is 2.76 bits per heavy atom. The summed E-state index contributed by atoms with van der Waals surface area (Å²) in [6.07, 6.45) is 2.94. The summed E-state index contributed by atoms with van der Waals surface area (Å²) in [6.45, 7) is 1.64. The van der Waals surface area contributed by atoms with Gasteiger partial charge in [-0.2, -0.15) is 10.1 Å². The highest BCUT2D eigenvalue weighted by Crippen LogP contribution is 2.48. The number of methoxy groups -OCH3 is 1. The molecule has 12 nitrogen and oxygen atoms in total. The van der Waals surface area contributed by atoms with Crippen molar-refractivity contribution in [1.82, 2.24) is 24.6 Å². The number of ether oxygens (including phenoxy) is 1. The smallest absolute Gasteiger partial charge is 0.459 e. The van der Waals surface area contributed by atoms with Crippen molar-refractivity contribution in [1.29, 1.82) is 0 Å². The molecule has 4 N–H and O–H groups in total. The normalized spacial score (nSPS) is 20.3. The summed E-state index contributed by atoms with van der Waals surface area (Å²) in [5.41, 5.74) is 5.92. The molecule has 2 atom stereocenters. The first-order valence-electron chi connectivity index (χ1n) is 10.4. The Bertz CT molecular complexity index is 1290. The molecule has 1 unspecified atom stereocenters. The summed E-state index contributed by atoms with van der Waals surface area (Å²) in [5.74, 6) is -0.184. The lowest BCUT2D eigenvalue weighted by molar-refractivity contribution is -0.142. The zero-order valence-electron chi connectivity index (χ0n) is 18.4. The highest BCUT2D eigenvalue weighted by atomic mass is 79.9. The second-order valence-corrected chi connectivity index (χ2v) is 10.6. The van der Waals surface area contributed by atoms with Gasteiger partial charge in [-0.15, -0.1) is 0 Å². The van der Waals surface area contributed by atoms with Crippen LogP contribution >= 0.6 is 23.7 Å². The van der Waals surface area contributed by atoms with Crippen molar-refractivity contribution in [2.45, 2.75) is 31.8 Å². The number of halogens is 1. The number of hydrogen-bond donors (Lipinski definition) is 3. The minimum Gasteiger partial charge on any atom is -0.468 e. The monoisotopic (exact) mass is 554 g/mol. The van der Waals surface area contributed by atoms with Gasteiger partial charge in [0.15, 0.2) is 11.2 Å². The van der Waals surface area contributed by atoms with E-state index >= 15 is 0 Å². The molecular weight excluding hydrogens is 531 g/mol. The van der Waals surface area contributed by atoms with Crippen molar-refractivity contribution in [3.05, 3.63) is 45.4 Å². The highest BCUT2D eigenvalue weighted by Gasteiger charge is 2.37. The minimum atomic E-state index is -3.90. The zero-order chi connectivity index (χ0) is 24.5. The summed E-state index contributed by atoms with van der Waals surface area (Å²) >= 11 is 3.34. The fraction of sp³-hybridized carbons (Fsp3) is 0.400. The van der Waals surface area contributed by atoms with Crippen LogP contribution in [0.2, 0.25) is 0 Å². The third-order valence-corrected chi connectivity index (χ3v) is 7.65. The van der Waals surface area contributed by atoms with Gasteiger partial charge in [-0.3, -0.25) is 19.1 Å². The number of H-pyrrole nitrogens is 1. The molecule has 1 aliphatic rings. The Hall–Kier alpha value is -2.73. The molecule has 0 spiro atoms. The van der Waals surface area contributed by atoms with Crippen LogP contribution in [0.25, 0.3) is 11.2 Å². The Balaban J connectivity index is 1.42. The number of aromatic nitrogens is 4. The van der Waals surface area contributed by atoms with Gasteiger partial charge in [0.2, 0.25) is 5.95 Å². The van der Waals surface area contributed by atoms with Gasteiger partial charge < -0.3 is 19.6 Å². The molecule has 0 radical (unpaired) electrons. The average molecular weight is 555 g/mol. The molecular formula is C20H24BrN6O6P. The summed E-state index contributed by atoms with van der Waals surface area (Å²) < 4.78 is 32.1. The Morgan fingerprint density at radius 2 is 2.09 bits per heavy atom. The van der Waals surface area contributed by atoms with Crippen LogP contribution in [0.4, 0.5) is 5.95 Å². The van der Waals surface area contributed by atoms with Gasteiger partial charge >= 0.3 is 13.7 Å². The van der Waals surface area contributed by atoms with Crippen LogP contribution in [0.1, 0.15) is 25.8 Å². The van der Waals surface area contributed by atoms with E-state index in [4.69, 9.17) is 19.5 Å². The van der Waals surface area contributed by atoms with Gasteiger partial charge in [-0.25, -0.2) is 9.55 Å². The maximum Gasteiger partial charge on any atom is 0.459 e. The lowest BCUT2D eigenvalue weighted by Crippen LogP contribution is -2.36. The number of rotatable bonds is 9. The molecule has 2 heterocycles. The molecule has 0 aliphatic heterocycles. The summed E-state index contributed by atoms with van der Waals surface area (Å²) in [4.78, 5) is 34.6. The van der Waals surface area contributed by atoms with Crippen LogP contribution in [0.3, 0.4) is 0 Å². The summed E-state index contributed by atoms with van der Waals surface area (Å²) in [6, 6.07) is 5.87. The number of nitrogen functional groups attached to an aromatic ring is 1. The molecule has 0 amide bonds. The first-order chi connectivity index (χ1) is 16.2. The van der Waals surface area contributed by atoms with Crippen LogP contribution in [0.5, 0.6) is 5.75 Å². The first-order valence-corrected chi connectivity index (χ1v) is 12.8. The second kappa shape index (κ2) is 9.87. The minimum absolute atomic E-state index is 0.0234. The molecule has 182 valence electrons. The number of nitrogens with one attached hydrogen (secondary N) is 2. The molecule has 34 heavy (non-hydrogen) atoms. The fourth-order valence-corrected chi connectivity index (χ4v) is 5.50. The number of nitrogens with zero attached hydrogens (tertiary/aromatic N) is 3. The molecule has 1 aromatic carbocycles. The van der Waals surface area contributed by atoms with E-state index in [2.05, 4.69) is 36.0 Å². The SMILES string of the molecule is COC(=O)[C@H](C)NP(=O)(OCC1CC(n2cnc3c(=O)[nH]c(N)nc32)C1)Oc1ccc(Br)cc1. The Morgan fingerprint density at radius 1 is 1.38 bits per heavy atom. The largest absolute Gasteiger partial charge is 0.468 e. The Kier molecular flexibility index (Phi) is 7.08. The van der Waals surface area contributed by atoms with E-state index < -0.39 is 25.3 Å². The number of esters is 1. The molecule has 4 rings (SSSR count). The van der Waals surface area contributed by atoms with E-state index in [0.717, 1.165) is 4.47 Å². The summed E-state index contributed by atoms with van der Waals surface area (Å²) in [5, 5.41) is 2.63. The number of imidazole rings is 1. The van der Waals surface area contributed by atoms with Crippen molar-refractivity contribution in [2.75, 3.05) is 19.5 Å². The number of carbonyl (C=O) groups is 1. The van der Waals surface area contributed by atoms with E-state index in [1.807, 2.05) is 4.57 Å².